The van der Waals surface area contributed by atoms with Crippen LogP contribution in [0.2, 0.25) is 0 Å². The average Bonchev–Trinajstić information content (AvgIpc) is 2.27. The van der Waals surface area contributed by atoms with Gasteiger partial charge in [-0.1, -0.05) is 39.8 Å². The van der Waals surface area contributed by atoms with Gasteiger partial charge in [-0.25, -0.2) is 0 Å². The number of hydrogen-bond acceptors (Lipinski definition) is 2. The highest BCUT2D eigenvalue weighted by Gasteiger charge is 2.29. The third kappa shape index (κ3) is 1.89. The van der Waals surface area contributed by atoms with Crippen molar-refractivity contribution in [2.75, 3.05) is 0 Å². The van der Waals surface area contributed by atoms with Gasteiger partial charge in [-0.2, -0.15) is 0 Å². The molecule has 0 aliphatic carbocycles. The van der Waals surface area contributed by atoms with E-state index in [-0.39, 0.29) is 0 Å². The first-order valence-electron chi connectivity index (χ1n) is 6.10. The highest BCUT2D eigenvalue weighted by molar-refractivity contribution is 6.44. The Morgan fingerprint density at radius 1 is 0.750 bits per heavy atom. The van der Waals surface area contributed by atoms with Crippen LogP contribution in [0.3, 0.4) is 0 Å². The average molecular weight is 216 g/mol. The normalized spacial score (nSPS) is 38.2. The largest absolute Gasteiger partial charge is 0.259 e. The number of aliphatic imine (C=N–C) groups is 2. The lowest BCUT2D eigenvalue weighted by molar-refractivity contribution is 0.563. The first kappa shape index (κ1) is 11.3. The molecule has 0 fully saturated rings. The molecule has 0 spiro atoms. The molecular formula is C14H20N2. The van der Waals surface area contributed by atoms with Gasteiger partial charge >= 0.3 is 0 Å². The summed E-state index contributed by atoms with van der Waals surface area (Å²) in [6, 6.07) is 0. The van der Waals surface area contributed by atoms with Crippen molar-refractivity contribution in [1.29, 1.82) is 0 Å². The molecule has 0 amide bonds. The molecule has 2 aliphatic rings. The van der Waals surface area contributed by atoms with Crippen molar-refractivity contribution in [3.05, 3.63) is 24.6 Å². The SMILES string of the molecule is C[C@@H]1C=CN=C(C2=NC=C[C@H](C)[C@@H]2C)[C@@H]1C. The van der Waals surface area contributed by atoms with E-state index in [2.05, 4.69) is 49.8 Å². The van der Waals surface area contributed by atoms with E-state index in [1.807, 2.05) is 12.4 Å². The van der Waals surface area contributed by atoms with Gasteiger partial charge in [0.1, 0.15) is 0 Å². The number of rotatable bonds is 1. The fourth-order valence-electron chi connectivity index (χ4n) is 2.18. The molecule has 0 radical (unpaired) electrons. The van der Waals surface area contributed by atoms with Crippen LogP contribution in [0.15, 0.2) is 34.5 Å². The predicted molar refractivity (Wildman–Crippen MR) is 69.8 cm³/mol. The van der Waals surface area contributed by atoms with Gasteiger partial charge in [0.2, 0.25) is 0 Å². The maximum Gasteiger partial charge on any atom is 0.0654 e. The maximum atomic E-state index is 4.54. The van der Waals surface area contributed by atoms with Crippen molar-refractivity contribution in [1.82, 2.24) is 0 Å². The molecule has 16 heavy (non-hydrogen) atoms. The quantitative estimate of drug-likeness (QED) is 0.641. The maximum absolute atomic E-state index is 4.54. The Balaban J connectivity index is 2.31. The van der Waals surface area contributed by atoms with E-state index in [9.17, 15) is 0 Å². The summed E-state index contributed by atoms with van der Waals surface area (Å²) in [6.45, 7) is 8.96. The van der Waals surface area contributed by atoms with Crippen LogP contribution in [-0.2, 0) is 0 Å². The molecule has 2 heterocycles. The highest BCUT2D eigenvalue weighted by atomic mass is 14.8. The van der Waals surface area contributed by atoms with E-state index in [1.54, 1.807) is 0 Å². The van der Waals surface area contributed by atoms with E-state index in [4.69, 9.17) is 0 Å². The molecule has 2 aliphatic heterocycles. The van der Waals surface area contributed by atoms with Gasteiger partial charge in [-0.15, -0.1) is 0 Å². The van der Waals surface area contributed by atoms with Gasteiger partial charge in [0.15, 0.2) is 0 Å². The number of hydrogen-bond donors (Lipinski definition) is 0. The molecule has 4 atom stereocenters. The fourth-order valence-corrected chi connectivity index (χ4v) is 2.18. The zero-order valence-corrected chi connectivity index (χ0v) is 10.5. The van der Waals surface area contributed by atoms with E-state index in [1.165, 1.54) is 11.4 Å². The van der Waals surface area contributed by atoms with Gasteiger partial charge in [0.25, 0.3) is 0 Å². The van der Waals surface area contributed by atoms with Gasteiger partial charge < -0.3 is 0 Å². The van der Waals surface area contributed by atoms with Crippen LogP contribution in [-0.4, -0.2) is 11.4 Å². The third-order valence-electron chi connectivity index (χ3n) is 3.91. The summed E-state index contributed by atoms with van der Waals surface area (Å²) in [5, 5.41) is 0. The first-order chi connectivity index (χ1) is 7.61. The molecule has 86 valence electrons. The minimum atomic E-state index is 0.477. The molecule has 0 saturated heterocycles. The van der Waals surface area contributed by atoms with Gasteiger partial charge in [0.05, 0.1) is 11.4 Å². The number of allylic oxidation sites excluding steroid dienone is 2. The second-order valence-electron chi connectivity index (χ2n) is 5.01. The summed E-state index contributed by atoms with van der Waals surface area (Å²) in [5.41, 5.74) is 2.36. The van der Waals surface area contributed by atoms with Crippen LogP contribution in [0.5, 0.6) is 0 Å². The van der Waals surface area contributed by atoms with Crippen molar-refractivity contribution in [3.8, 4) is 0 Å². The second kappa shape index (κ2) is 4.36. The van der Waals surface area contributed by atoms with Crippen molar-refractivity contribution in [3.63, 3.8) is 0 Å². The summed E-state index contributed by atoms with van der Waals surface area (Å²) < 4.78 is 0. The Kier molecular flexibility index (Phi) is 3.08. The van der Waals surface area contributed by atoms with Crippen LogP contribution >= 0.6 is 0 Å². The molecule has 0 aromatic rings. The molecule has 2 rings (SSSR count). The Hall–Kier alpha value is -1.18. The zero-order chi connectivity index (χ0) is 11.7. The van der Waals surface area contributed by atoms with E-state index >= 15 is 0 Å². The van der Waals surface area contributed by atoms with Crippen molar-refractivity contribution >= 4 is 11.4 Å². The van der Waals surface area contributed by atoms with Crippen LogP contribution in [0.4, 0.5) is 0 Å². The minimum Gasteiger partial charge on any atom is -0.259 e. The smallest absolute Gasteiger partial charge is 0.0654 e. The molecule has 0 aromatic heterocycles. The Bertz CT molecular complexity index is 350. The second-order valence-corrected chi connectivity index (χ2v) is 5.01. The molecule has 0 aromatic carbocycles. The molecule has 0 saturated carbocycles. The van der Waals surface area contributed by atoms with Crippen molar-refractivity contribution in [2.45, 2.75) is 27.7 Å². The Labute approximate surface area is 97.9 Å². The summed E-state index contributed by atoms with van der Waals surface area (Å²) in [4.78, 5) is 9.08. The molecule has 2 nitrogen and oxygen atoms in total. The summed E-state index contributed by atoms with van der Waals surface area (Å²) in [7, 11) is 0. The Morgan fingerprint density at radius 2 is 1.12 bits per heavy atom. The number of nitrogens with zero attached hydrogens (tertiary/aromatic N) is 2. The molecular weight excluding hydrogens is 196 g/mol. The van der Waals surface area contributed by atoms with Crippen LogP contribution in [0, 0.1) is 23.7 Å². The lowest BCUT2D eigenvalue weighted by atomic mass is 9.80. The minimum absolute atomic E-state index is 0.477. The third-order valence-corrected chi connectivity index (χ3v) is 3.91. The lowest BCUT2D eigenvalue weighted by Crippen LogP contribution is -2.34. The van der Waals surface area contributed by atoms with E-state index < -0.39 is 0 Å². The summed E-state index contributed by atoms with van der Waals surface area (Å²) in [6.07, 6.45) is 8.19. The standard InChI is InChI=1S/C14H20N2/c1-9-5-7-15-13(11(9)3)14-12(4)10(2)6-8-16-14/h5-12H,1-4H3/t9-,10+,11-,12+. The molecule has 0 N–H and O–H groups in total. The van der Waals surface area contributed by atoms with E-state index in [0.29, 0.717) is 23.7 Å². The van der Waals surface area contributed by atoms with Crippen LogP contribution < -0.4 is 0 Å². The topological polar surface area (TPSA) is 24.7 Å². The molecule has 0 unspecified atom stereocenters. The van der Waals surface area contributed by atoms with Crippen molar-refractivity contribution in [2.24, 2.45) is 33.7 Å². The van der Waals surface area contributed by atoms with Crippen LogP contribution in [0.25, 0.3) is 0 Å². The van der Waals surface area contributed by atoms with Gasteiger partial charge in [-0.3, -0.25) is 9.98 Å². The monoisotopic (exact) mass is 216 g/mol. The zero-order valence-electron chi connectivity index (χ0n) is 10.5. The van der Waals surface area contributed by atoms with E-state index in [0.717, 1.165) is 0 Å². The Morgan fingerprint density at radius 3 is 1.50 bits per heavy atom. The predicted octanol–water partition coefficient (Wildman–Crippen LogP) is 3.47. The van der Waals surface area contributed by atoms with Crippen molar-refractivity contribution < 1.29 is 0 Å². The summed E-state index contributed by atoms with van der Waals surface area (Å²) in [5.74, 6) is 2.07. The molecule has 2 heteroatoms. The lowest BCUT2D eigenvalue weighted by Gasteiger charge is -2.29. The van der Waals surface area contributed by atoms with Gasteiger partial charge in [0, 0.05) is 24.2 Å². The van der Waals surface area contributed by atoms with Gasteiger partial charge in [-0.05, 0) is 11.8 Å². The summed E-state index contributed by atoms with van der Waals surface area (Å²) >= 11 is 0. The first-order valence-corrected chi connectivity index (χ1v) is 6.10. The fraction of sp³-hybridized carbons (Fsp3) is 0.571. The highest BCUT2D eigenvalue weighted by Crippen LogP contribution is 2.26. The molecule has 0 bridgehead atoms. The van der Waals surface area contributed by atoms with Crippen LogP contribution in [0.1, 0.15) is 27.7 Å².